The van der Waals surface area contributed by atoms with Gasteiger partial charge in [0.05, 0.1) is 6.61 Å². The third-order valence-corrected chi connectivity index (χ3v) is 7.62. The van der Waals surface area contributed by atoms with Crippen LogP contribution in [0.4, 0.5) is 10.5 Å². The zero-order chi connectivity index (χ0) is 26.6. The normalized spacial score (nSPS) is 22.7. The quantitative estimate of drug-likeness (QED) is 0.395. The molecule has 2 aromatic carbocycles. The molecule has 10 nitrogen and oxygen atoms in total. The van der Waals surface area contributed by atoms with Crippen molar-refractivity contribution in [2.24, 2.45) is 17.6 Å². The van der Waals surface area contributed by atoms with Gasteiger partial charge in [-0.25, -0.2) is 4.79 Å². The number of nitrogens with two attached hydrogens (primary N) is 1. The fourth-order valence-electron chi connectivity index (χ4n) is 5.49. The minimum absolute atomic E-state index is 0.215. The topological polar surface area (TPSA) is 143 Å². The summed E-state index contributed by atoms with van der Waals surface area (Å²) in [6.45, 7) is 2.00. The highest BCUT2D eigenvalue weighted by molar-refractivity contribution is 6.05. The van der Waals surface area contributed by atoms with Gasteiger partial charge in [-0.15, -0.1) is 0 Å². The molecule has 0 bridgehead atoms. The summed E-state index contributed by atoms with van der Waals surface area (Å²) in [5.74, 6) is 0.959. The Hall–Kier alpha value is -3.92. The second kappa shape index (κ2) is 11.2. The monoisotopic (exact) mass is 519 g/mol. The number of carbonyl (C=O) groups excluding carboxylic acids is 4. The Labute approximate surface area is 221 Å². The standard InChI is InChI=1S/C28H33N5O5/c29-13-17-1-2-19(11-17)16-38-22-6-4-21(5-7-22)31-28(37)30-14-18-3-8-23-20(12-18)15-33(27(23)36)24-9-10-25(34)32-26(24)35/h3-8,12,17,19,24H,1-2,9-11,13-16,29H2,(H2,30,31,37)(H,32,34,35)/t17-,19+,24?/m1/s1. The molecule has 1 aliphatic carbocycles. The van der Waals surface area contributed by atoms with Crippen LogP contribution >= 0.6 is 0 Å². The van der Waals surface area contributed by atoms with Gasteiger partial charge in [-0.2, -0.15) is 0 Å². The summed E-state index contributed by atoms with van der Waals surface area (Å²) in [6, 6.07) is 11.7. The minimum Gasteiger partial charge on any atom is -0.493 e. The molecule has 2 heterocycles. The van der Waals surface area contributed by atoms with Crippen molar-refractivity contribution in [1.29, 1.82) is 0 Å². The second-order valence-electron chi connectivity index (χ2n) is 10.3. The Balaban J connectivity index is 1.09. The summed E-state index contributed by atoms with van der Waals surface area (Å²) in [5.41, 5.74) is 8.59. The van der Waals surface area contributed by atoms with Crippen LogP contribution in [0.15, 0.2) is 42.5 Å². The molecule has 200 valence electrons. The van der Waals surface area contributed by atoms with Crippen molar-refractivity contribution in [2.75, 3.05) is 18.5 Å². The molecule has 1 unspecified atom stereocenters. The maximum atomic E-state index is 12.8. The zero-order valence-corrected chi connectivity index (χ0v) is 21.2. The molecule has 1 saturated heterocycles. The van der Waals surface area contributed by atoms with Crippen molar-refractivity contribution in [2.45, 2.75) is 51.2 Å². The lowest BCUT2D eigenvalue weighted by atomic mass is 10.0. The van der Waals surface area contributed by atoms with Gasteiger partial charge in [-0.1, -0.05) is 12.1 Å². The van der Waals surface area contributed by atoms with Crippen molar-refractivity contribution < 1.29 is 23.9 Å². The number of piperidine rings is 1. The van der Waals surface area contributed by atoms with Gasteiger partial charge in [0.25, 0.3) is 5.91 Å². The van der Waals surface area contributed by atoms with E-state index in [0.29, 0.717) is 42.7 Å². The molecular formula is C28H33N5O5. The van der Waals surface area contributed by atoms with Crippen LogP contribution in [0, 0.1) is 11.8 Å². The molecule has 5 N–H and O–H groups in total. The van der Waals surface area contributed by atoms with Crippen LogP contribution in [-0.2, 0) is 22.7 Å². The lowest BCUT2D eigenvalue weighted by molar-refractivity contribution is -0.136. The SMILES string of the molecule is NC[C@@H]1CC[C@H](COc2ccc(NC(=O)NCc3ccc4c(c3)CN(C3CCC(=O)NC3=O)C4=O)cc2)C1. The second-order valence-corrected chi connectivity index (χ2v) is 10.3. The number of nitrogens with zero attached hydrogens (tertiary/aromatic N) is 1. The number of nitrogens with one attached hydrogen (secondary N) is 3. The fourth-order valence-corrected chi connectivity index (χ4v) is 5.49. The Morgan fingerprint density at radius 3 is 2.58 bits per heavy atom. The number of ether oxygens (including phenoxy) is 1. The molecule has 0 spiro atoms. The van der Waals surface area contributed by atoms with Gasteiger partial charge in [0, 0.05) is 30.8 Å². The van der Waals surface area contributed by atoms with Crippen LogP contribution in [0.3, 0.4) is 0 Å². The van der Waals surface area contributed by atoms with Gasteiger partial charge in [-0.3, -0.25) is 19.7 Å². The highest BCUT2D eigenvalue weighted by Crippen LogP contribution is 2.31. The van der Waals surface area contributed by atoms with E-state index in [4.69, 9.17) is 10.5 Å². The predicted octanol–water partition coefficient (Wildman–Crippen LogP) is 2.52. The third kappa shape index (κ3) is 5.80. The molecule has 0 aromatic heterocycles. The summed E-state index contributed by atoms with van der Waals surface area (Å²) < 4.78 is 5.92. The average Bonchev–Trinajstić information content (AvgIpc) is 3.51. The van der Waals surface area contributed by atoms with Crippen molar-refractivity contribution >= 4 is 29.4 Å². The number of benzene rings is 2. The molecule has 38 heavy (non-hydrogen) atoms. The first kappa shape index (κ1) is 25.7. The molecule has 2 aromatic rings. The van der Waals surface area contributed by atoms with Gasteiger partial charge in [0.1, 0.15) is 11.8 Å². The molecule has 0 radical (unpaired) electrons. The molecule has 2 fully saturated rings. The summed E-state index contributed by atoms with van der Waals surface area (Å²) in [7, 11) is 0. The van der Waals surface area contributed by atoms with Crippen molar-refractivity contribution in [3.63, 3.8) is 0 Å². The molecule has 1 saturated carbocycles. The van der Waals surface area contributed by atoms with Crippen molar-refractivity contribution in [3.05, 3.63) is 59.2 Å². The molecule has 5 rings (SSSR count). The Morgan fingerprint density at radius 1 is 1.05 bits per heavy atom. The van der Waals surface area contributed by atoms with E-state index in [1.807, 2.05) is 18.2 Å². The van der Waals surface area contributed by atoms with Crippen LogP contribution < -0.4 is 26.4 Å². The fraction of sp³-hybridized carbons (Fsp3) is 0.429. The van der Waals surface area contributed by atoms with Gasteiger partial charge in [0.2, 0.25) is 11.8 Å². The van der Waals surface area contributed by atoms with Crippen molar-refractivity contribution in [1.82, 2.24) is 15.5 Å². The molecule has 10 heteroatoms. The first-order valence-corrected chi connectivity index (χ1v) is 13.1. The van der Waals surface area contributed by atoms with E-state index in [2.05, 4.69) is 16.0 Å². The van der Waals surface area contributed by atoms with E-state index in [9.17, 15) is 19.2 Å². The first-order chi connectivity index (χ1) is 18.4. The number of amides is 5. The van der Waals surface area contributed by atoms with E-state index in [1.54, 1.807) is 24.3 Å². The smallest absolute Gasteiger partial charge is 0.319 e. The highest BCUT2D eigenvalue weighted by Gasteiger charge is 2.39. The molecule has 5 amide bonds. The van der Waals surface area contributed by atoms with E-state index >= 15 is 0 Å². The van der Waals surface area contributed by atoms with Gasteiger partial charge in [0.15, 0.2) is 0 Å². The third-order valence-electron chi connectivity index (χ3n) is 7.62. The van der Waals surface area contributed by atoms with Gasteiger partial charge >= 0.3 is 6.03 Å². The number of carbonyl (C=O) groups is 4. The molecule has 3 aliphatic rings. The van der Waals surface area contributed by atoms with Crippen LogP contribution in [0.25, 0.3) is 0 Å². The van der Waals surface area contributed by atoms with Crippen LogP contribution in [-0.4, -0.2) is 47.8 Å². The van der Waals surface area contributed by atoms with Gasteiger partial charge in [-0.05, 0) is 85.5 Å². The summed E-state index contributed by atoms with van der Waals surface area (Å²) in [6.07, 6.45) is 3.98. The number of hydrogen-bond donors (Lipinski definition) is 4. The van der Waals surface area contributed by atoms with Crippen molar-refractivity contribution in [3.8, 4) is 5.75 Å². The number of hydrogen-bond acceptors (Lipinski definition) is 6. The Bertz CT molecular complexity index is 1230. The number of fused-ring (bicyclic) bond motifs is 1. The maximum absolute atomic E-state index is 12.8. The van der Waals surface area contributed by atoms with E-state index in [0.717, 1.165) is 36.3 Å². The van der Waals surface area contributed by atoms with Crippen LogP contribution in [0.1, 0.15) is 53.6 Å². The predicted molar refractivity (Wildman–Crippen MR) is 140 cm³/mol. The molecule has 2 aliphatic heterocycles. The first-order valence-electron chi connectivity index (χ1n) is 13.1. The minimum atomic E-state index is -0.650. The lowest BCUT2D eigenvalue weighted by Crippen LogP contribution is -2.52. The van der Waals surface area contributed by atoms with Crippen LogP contribution in [0.2, 0.25) is 0 Å². The molecule has 3 atom stereocenters. The molecular weight excluding hydrogens is 486 g/mol. The Morgan fingerprint density at radius 2 is 1.84 bits per heavy atom. The summed E-state index contributed by atoms with van der Waals surface area (Å²) in [5, 5.41) is 7.95. The largest absolute Gasteiger partial charge is 0.493 e. The van der Waals surface area contributed by atoms with E-state index in [1.165, 1.54) is 11.3 Å². The Kier molecular flexibility index (Phi) is 7.59. The number of rotatable bonds is 8. The summed E-state index contributed by atoms with van der Waals surface area (Å²) >= 11 is 0. The average molecular weight is 520 g/mol. The highest BCUT2D eigenvalue weighted by atomic mass is 16.5. The van der Waals surface area contributed by atoms with E-state index < -0.39 is 11.9 Å². The number of imide groups is 1. The lowest BCUT2D eigenvalue weighted by Gasteiger charge is -2.29. The zero-order valence-electron chi connectivity index (χ0n) is 21.2. The number of anilines is 1. The van der Waals surface area contributed by atoms with E-state index in [-0.39, 0.29) is 30.8 Å². The van der Waals surface area contributed by atoms with Crippen LogP contribution in [0.5, 0.6) is 5.75 Å². The maximum Gasteiger partial charge on any atom is 0.319 e. The van der Waals surface area contributed by atoms with Gasteiger partial charge < -0.3 is 26.0 Å². The summed E-state index contributed by atoms with van der Waals surface area (Å²) in [4.78, 5) is 50.4. The number of urea groups is 1.